The van der Waals surface area contributed by atoms with E-state index in [4.69, 9.17) is 16.3 Å². The van der Waals surface area contributed by atoms with Crippen molar-refractivity contribution >= 4 is 38.3 Å². The van der Waals surface area contributed by atoms with Gasteiger partial charge < -0.3 is 9.84 Å². The van der Waals surface area contributed by atoms with Gasteiger partial charge in [-0.3, -0.25) is 0 Å². The molecule has 0 heterocycles. The maximum atomic E-state index is 9.18. The molecule has 0 fully saturated rings. The summed E-state index contributed by atoms with van der Waals surface area (Å²) in [5.74, 6) is 0.590. The Morgan fingerprint density at radius 2 is 1.82 bits per heavy atom. The van der Waals surface area contributed by atoms with Crippen molar-refractivity contribution in [3.63, 3.8) is 0 Å². The first-order valence-electron chi connectivity index (χ1n) is 6.87. The van der Waals surface area contributed by atoms with Crippen molar-refractivity contribution in [1.29, 1.82) is 0 Å². The van der Waals surface area contributed by atoms with Crippen molar-refractivity contribution in [1.82, 2.24) is 0 Å². The second-order valence-corrected chi connectivity index (χ2v) is 6.24. The van der Waals surface area contributed by atoms with E-state index in [1.165, 1.54) is 10.8 Å². The van der Waals surface area contributed by atoms with Crippen molar-refractivity contribution < 1.29 is 9.84 Å². The normalized spacial score (nSPS) is 10.9. The van der Waals surface area contributed by atoms with Gasteiger partial charge in [-0.2, -0.15) is 0 Å². The SMILES string of the molecule is OCc1cc(Cl)c(OCc2cccc3ccccc23)c(Br)c1. The molecule has 1 N–H and O–H groups in total. The fourth-order valence-corrected chi connectivity index (χ4v) is 3.44. The molecule has 0 amide bonds. The monoisotopic (exact) mass is 376 g/mol. The third-order valence-electron chi connectivity index (χ3n) is 3.49. The molecular weight excluding hydrogens is 364 g/mol. The average Bonchev–Trinajstić information content (AvgIpc) is 2.54. The van der Waals surface area contributed by atoms with E-state index in [1.54, 1.807) is 6.07 Å². The lowest BCUT2D eigenvalue weighted by atomic mass is 10.1. The molecule has 0 atom stereocenters. The number of rotatable bonds is 4. The summed E-state index contributed by atoms with van der Waals surface area (Å²) >= 11 is 9.67. The Bertz CT molecular complexity index is 789. The average molecular weight is 378 g/mol. The van der Waals surface area contributed by atoms with Crippen LogP contribution in [0.15, 0.2) is 59.1 Å². The number of fused-ring (bicyclic) bond motifs is 1. The molecule has 0 radical (unpaired) electrons. The van der Waals surface area contributed by atoms with Gasteiger partial charge in [0.05, 0.1) is 16.1 Å². The molecule has 0 aliphatic heterocycles. The highest BCUT2D eigenvalue weighted by atomic mass is 79.9. The highest BCUT2D eigenvalue weighted by Gasteiger charge is 2.10. The molecule has 22 heavy (non-hydrogen) atoms. The van der Waals surface area contributed by atoms with Crippen LogP contribution in [-0.2, 0) is 13.2 Å². The van der Waals surface area contributed by atoms with Crippen molar-refractivity contribution in [2.45, 2.75) is 13.2 Å². The van der Waals surface area contributed by atoms with Crippen molar-refractivity contribution in [2.24, 2.45) is 0 Å². The van der Waals surface area contributed by atoms with Gasteiger partial charge in [0.1, 0.15) is 6.61 Å². The van der Waals surface area contributed by atoms with E-state index >= 15 is 0 Å². The molecule has 0 unspecified atom stereocenters. The Morgan fingerprint density at radius 1 is 1.05 bits per heavy atom. The summed E-state index contributed by atoms with van der Waals surface area (Å²) in [5.41, 5.74) is 1.85. The predicted octanol–water partition coefficient (Wildman–Crippen LogP) is 5.33. The summed E-state index contributed by atoms with van der Waals surface area (Å²) in [4.78, 5) is 0. The summed E-state index contributed by atoms with van der Waals surface area (Å²) in [6.07, 6.45) is 0. The minimum absolute atomic E-state index is 0.0536. The Hall–Kier alpha value is -1.55. The number of hydrogen-bond acceptors (Lipinski definition) is 2. The molecule has 0 aromatic heterocycles. The van der Waals surface area contributed by atoms with Crippen LogP contribution >= 0.6 is 27.5 Å². The number of aliphatic hydroxyl groups is 1. The third-order valence-corrected chi connectivity index (χ3v) is 4.36. The summed E-state index contributed by atoms with van der Waals surface area (Å²) in [6.45, 7) is 0.375. The van der Waals surface area contributed by atoms with Gasteiger partial charge in [0.25, 0.3) is 0 Å². The quantitative estimate of drug-likeness (QED) is 0.666. The largest absolute Gasteiger partial charge is 0.486 e. The molecule has 0 aliphatic rings. The van der Waals surface area contributed by atoms with Crippen LogP contribution in [-0.4, -0.2) is 5.11 Å². The second-order valence-electron chi connectivity index (χ2n) is 4.97. The molecule has 0 saturated heterocycles. The van der Waals surface area contributed by atoms with Crippen LogP contribution in [0.1, 0.15) is 11.1 Å². The van der Waals surface area contributed by atoms with Gasteiger partial charge in [0.2, 0.25) is 0 Å². The zero-order valence-electron chi connectivity index (χ0n) is 11.7. The number of benzene rings is 3. The lowest BCUT2D eigenvalue weighted by Gasteiger charge is -2.13. The van der Waals surface area contributed by atoms with Gasteiger partial charge in [-0.15, -0.1) is 0 Å². The molecule has 3 aromatic rings. The van der Waals surface area contributed by atoms with Gasteiger partial charge >= 0.3 is 0 Å². The molecule has 0 spiro atoms. The zero-order valence-corrected chi connectivity index (χ0v) is 14.1. The molecule has 3 rings (SSSR count). The fraction of sp³-hybridized carbons (Fsp3) is 0.111. The lowest BCUT2D eigenvalue weighted by Crippen LogP contribution is -1.98. The molecule has 3 aromatic carbocycles. The van der Waals surface area contributed by atoms with Gasteiger partial charge in [-0.05, 0) is 50.0 Å². The molecule has 0 saturated carbocycles. The number of ether oxygens (including phenoxy) is 1. The number of aliphatic hydroxyl groups excluding tert-OH is 1. The van der Waals surface area contributed by atoms with Crippen molar-refractivity contribution in [2.75, 3.05) is 0 Å². The Kier molecular flexibility index (Phi) is 4.67. The minimum atomic E-state index is -0.0536. The minimum Gasteiger partial charge on any atom is -0.486 e. The van der Waals surface area contributed by atoms with Crippen LogP contribution < -0.4 is 4.74 Å². The first kappa shape index (κ1) is 15.3. The summed E-state index contributed by atoms with van der Waals surface area (Å²) < 4.78 is 6.64. The molecule has 0 bridgehead atoms. The van der Waals surface area contributed by atoms with Crippen LogP contribution in [0.4, 0.5) is 0 Å². The maximum absolute atomic E-state index is 9.18. The standard InChI is InChI=1S/C18H14BrClO2/c19-16-8-12(10-21)9-17(20)18(16)22-11-14-6-3-5-13-4-1-2-7-15(13)14/h1-9,21H,10-11H2. The van der Waals surface area contributed by atoms with Gasteiger partial charge in [0.15, 0.2) is 5.75 Å². The Labute approximate surface area is 142 Å². The zero-order chi connectivity index (χ0) is 15.5. The number of hydrogen-bond donors (Lipinski definition) is 1. The van der Waals surface area contributed by atoms with E-state index in [0.717, 1.165) is 15.6 Å². The smallest absolute Gasteiger partial charge is 0.152 e. The van der Waals surface area contributed by atoms with Gasteiger partial charge in [-0.1, -0.05) is 54.1 Å². The molecule has 112 valence electrons. The molecule has 4 heteroatoms. The van der Waals surface area contributed by atoms with Crippen LogP contribution in [0.25, 0.3) is 10.8 Å². The van der Waals surface area contributed by atoms with Crippen molar-refractivity contribution in [3.8, 4) is 5.75 Å². The summed E-state index contributed by atoms with van der Waals surface area (Å²) in [7, 11) is 0. The fourth-order valence-electron chi connectivity index (χ4n) is 2.41. The maximum Gasteiger partial charge on any atom is 0.152 e. The topological polar surface area (TPSA) is 29.5 Å². The summed E-state index contributed by atoms with van der Waals surface area (Å²) in [6, 6.07) is 17.9. The van der Waals surface area contributed by atoms with E-state index in [1.807, 2.05) is 30.3 Å². The van der Waals surface area contributed by atoms with E-state index in [9.17, 15) is 5.11 Å². The second kappa shape index (κ2) is 6.69. The van der Waals surface area contributed by atoms with Gasteiger partial charge in [-0.25, -0.2) is 0 Å². The van der Waals surface area contributed by atoms with Crippen LogP contribution in [0.2, 0.25) is 5.02 Å². The summed E-state index contributed by atoms with van der Waals surface area (Å²) in [5, 5.41) is 12.0. The van der Waals surface area contributed by atoms with E-state index < -0.39 is 0 Å². The van der Waals surface area contributed by atoms with E-state index in [0.29, 0.717) is 17.4 Å². The third kappa shape index (κ3) is 3.12. The Balaban J connectivity index is 1.89. The Morgan fingerprint density at radius 3 is 2.59 bits per heavy atom. The van der Waals surface area contributed by atoms with Gasteiger partial charge in [0, 0.05) is 0 Å². The van der Waals surface area contributed by atoms with Crippen LogP contribution in [0.3, 0.4) is 0 Å². The van der Waals surface area contributed by atoms with Crippen LogP contribution in [0.5, 0.6) is 5.75 Å². The lowest BCUT2D eigenvalue weighted by molar-refractivity contribution is 0.280. The van der Waals surface area contributed by atoms with E-state index in [2.05, 4.69) is 34.1 Å². The van der Waals surface area contributed by atoms with Crippen LogP contribution in [0, 0.1) is 0 Å². The number of halogens is 2. The predicted molar refractivity (Wildman–Crippen MR) is 93.4 cm³/mol. The molecule has 0 aliphatic carbocycles. The molecular formula is C18H14BrClO2. The molecule has 2 nitrogen and oxygen atoms in total. The first-order valence-corrected chi connectivity index (χ1v) is 8.04. The highest BCUT2D eigenvalue weighted by Crippen LogP contribution is 2.35. The van der Waals surface area contributed by atoms with Crippen molar-refractivity contribution in [3.05, 3.63) is 75.2 Å². The first-order chi connectivity index (χ1) is 10.7. The highest BCUT2D eigenvalue weighted by molar-refractivity contribution is 9.10. The van der Waals surface area contributed by atoms with E-state index in [-0.39, 0.29) is 6.61 Å².